The van der Waals surface area contributed by atoms with E-state index < -0.39 is 0 Å². The Hall–Kier alpha value is -1.29. The summed E-state index contributed by atoms with van der Waals surface area (Å²) in [7, 11) is 0. The normalized spacial score (nSPS) is 12.0. The van der Waals surface area contributed by atoms with Gasteiger partial charge in [0.15, 0.2) is 0 Å². The molecule has 0 amide bonds. The van der Waals surface area contributed by atoms with E-state index >= 15 is 0 Å². The maximum atomic E-state index is 8.55. The van der Waals surface area contributed by atoms with Crippen LogP contribution in [0, 0.1) is 17.2 Å². The van der Waals surface area contributed by atoms with Crippen LogP contribution >= 0.6 is 0 Å². The van der Waals surface area contributed by atoms with Crippen LogP contribution in [-0.2, 0) is 6.42 Å². The first-order chi connectivity index (χ1) is 5.33. The molecule has 1 rings (SSSR count). The third kappa shape index (κ3) is 2.43. The van der Waals surface area contributed by atoms with E-state index in [1.54, 1.807) is 0 Å². The Morgan fingerprint density at radius 3 is 2.55 bits per heavy atom. The molecular formula is C10H11N. The molecule has 0 fully saturated rings. The van der Waals surface area contributed by atoms with Gasteiger partial charge in [-0.2, -0.15) is 5.26 Å². The summed E-state index contributed by atoms with van der Waals surface area (Å²) in [5.41, 5.74) is 1.24. The Labute approximate surface area is 67.3 Å². The van der Waals surface area contributed by atoms with Gasteiger partial charge >= 0.3 is 0 Å². The van der Waals surface area contributed by atoms with Crippen molar-refractivity contribution in [2.24, 2.45) is 5.92 Å². The van der Waals surface area contributed by atoms with Gasteiger partial charge in [0.1, 0.15) is 0 Å². The molecule has 0 spiro atoms. The molecule has 0 radical (unpaired) electrons. The summed E-state index contributed by atoms with van der Waals surface area (Å²) in [5.74, 6) is 0.123. The number of hydrogen-bond donors (Lipinski definition) is 0. The van der Waals surface area contributed by atoms with Gasteiger partial charge in [0.2, 0.25) is 0 Å². The van der Waals surface area contributed by atoms with Gasteiger partial charge in [-0.25, -0.2) is 0 Å². The molecule has 0 aliphatic rings. The van der Waals surface area contributed by atoms with E-state index in [0.717, 1.165) is 6.42 Å². The molecule has 1 aromatic carbocycles. The van der Waals surface area contributed by atoms with Crippen LogP contribution in [0.25, 0.3) is 0 Å². The Balaban J connectivity index is 2.60. The standard InChI is InChI=1S/C10H11N/c1-9(8-11)7-10-5-3-2-4-6-10/h2-6,9H,7H2,1H3. The van der Waals surface area contributed by atoms with E-state index in [1.165, 1.54) is 5.56 Å². The maximum absolute atomic E-state index is 8.55. The smallest absolute Gasteiger partial charge is 0.0656 e. The van der Waals surface area contributed by atoms with Crippen molar-refractivity contribution in [2.75, 3.05) is 0 Å². The fourth-order valence-corrected chi connectivity index (χ4v) is 1.01. The summed E-state index contributed by atoms with van der Waals surface area (Å²) >= 11 is 0. The number of nitrogens with zero attached hydrogens (tertiary/aromatic N) is 1. The first kappa shape index (κ1) is 7.81. The zero-order valence-corrected chi connectivity index (χ0v) is 6.62. The van der Waals surface area contributed by atoms with Crippen LogP contribution < -0.4 is 0 Å². The van der Waals surface area contributed by atoms with E-state index in [4.69, 9.17) is 5.26 Å². The average molecular weight is 145 g/mol. The van der Waals surface area contributed by atoms with Crippen LogP contribution in [0.3, 0.4) is 0 Å². The molecule has 1 aromatic rings. The average Bonchev–Trinajstić information content (AvgIpc) is 2.06. The molecule has 1 nitrogen and oxygen atoms in total. The van der Waals surface area contributed by atoms with Gasteiger partial charge < -0.3 is 0 Å². The van der Waals surface area contributed by atoms with E-state index in [9.17, 15) is 0 Å². The summed E-state index contributed by atoms with van der Waals surface area (Å²) < 4.78 is 0. The molecule has 11 heavy (non-hydrogen) atoms. The van der Waals surface area contributed by atoms with Gasteiger partial charge in [0.25, 0.3) is 0 Å². The van der Waals surface area contributed by atoms with Crippen molar-refractivity contribution >= 4 is 0 Å². The molecule has 56 valence electrons. The predicted octanol–water partition coefficient (Wildman–Crippen LogP) is 2.39. The number of benzene rings is 1. The molecule has 0 N–H and O–H groups in total. The third-order valence-corrected chi connectivity index (χ3v) is 1.61. The minimum atomic E-state index is 0.123. The van der Waals surface area contributed by atoms with Crippen molar-refractivity contribution in [2.45, 2.75) is 13.3 Å². The minimum Gasteiger partial charge on any atom is -0.198 e. The van der Waals surface area contributed by atoms with Crippen molar-refractivity contribution < 1.29 is 0 Å². The van der Waals surface area contributed by atoms with Crippen molar-refractivity contribution in [3.8, 4) is 6.07 Å². The number of nitriles is 1. The van der Waals surface area contributed by atoms with E-state index in [1.807, 2.05) is 37.3 Å². The highest BCUT2D eigenvalue weighted by Gasteiger charge is 1.99. The molecule has 0 bridgehead atoms. The molecule has 1 heteroatoms. The Kier molecular flexibility index (Phi) is 2.68. The quantitative estimate of drug-likeness (QED) is 0.626. The molecule has 0 saturated heterocycles. The minimum absolute atomic E-state index is 0.123. The van der Waals surface area contributed by atoms with E-state index in [2.05, 4.69) is 6.07 Å². The predicted molar refractivity (Wildman–Crippen MR) is 44.9 cm³/mol. The molecule has 1 unspecified atom stereocenters. The lowest BCUT2D eigenvalue weighted by atomic mass is 10.0. The van der Waals surface area contributed by atoms with Gasteiger partial charge in [-0.15, -0.1) is 0 Å². The third-order valence-electron chi connectivity index (χ3n) is 1.61. The monoisotopic (exact) mass is 145 g/mol. The molecule has 0 aliphatic heterocycles. The fraction of sp³-hybridized carbons (Fsp3) is 0.300. The molecule has 0 heterocycles. The van der Waals surface area contributed by atoms with Gasteiger partial charge in [-0.05, 0) is 18.9 Å². The Morgan fingerprint density at radius 2 is 2.00 bits per heavy atom. The zero-order chi connectivity index (χ0) is 8.10. The van der Waals surface area contributed by atoms with Crippen molar-refractivity contribution in [3.63, 3.8) is 0 Å². The lowest BCUT2D eigenvalue weighted by Gasteiger charge is -2.00. The summed E-state index contributed by atoms with van der Waals surface area (Å²) in [6, 6.07) is 12.3. The van der Waals surface area contributed by atoms with Crippen molar-refractivity contribution in [1.29, 1.82) is 5.26 Å². The molecule has 1 atom stereocenters. The summed E-state index contributed by atoms with van der Waals surface area (Å²) in [6.45, 7) is 1.94. The highest BCUT2D eigenvalue weighted by Crippen LogP contribution is 2.06. The van der Waals surface area contributed by atoms with Crippen LogP contribution in [0.4, 0.5) is 0 Å². The Bertz CT molecular complexity index is 245. The van der Waals surface area contributed by atoms with Crippen LogP contribution in [-0.4, -0.2) is 0 Å². The van der Waals surface area contributed by atoms with Gasteiger partial charge in [-0.1, -0.05) is 30.3 Å². The Morgan fingerprint density at radius 1 is 1.36 bits per heavy atom. The van der Waals surface area contributed by atoms with Crippen molar-refractivity contribution in [3.05, 3.63) is 35.9 Å². The lowest BCUT2D eigenvalue weighted by molar-refractivity contribution is 0.739. The van der Waals surface area contributed by atoms with Gasteiger partial charge in [0, 0.05) is 5.92 Å². The number of rotatable bonds is 2. The second kappa shape index (κ2) is 3.78. The first-order valence-electron chi connectivity index (χ1n) is 3.76. The lowest BCUT2D eigenvalue weighted by Crippen LogP contribution is -1.94. The SMILES string of the molecule is CC(C#N)Cc1ccccc1. The van der Waals surface area contributed by atoms with E-state index in [0.29, 0.717) is 0 Å². The molecule has 0 saturated carbocycles. The second-order valence-corrected chi connectivity index (χ2v) is 2.72. The zero-order valence-electron chi connectivity index (χ0n) is 6.62. The topological polar surface area (TPSA) is 23.8 Å². The highest BCUT2D eigenvalue weighted by atomic mass is 14.3. The fourth-order valence-electron chi connectivity index (χ4n) is 1.01. The largest absolute Gasteiger partial charge is 0.198 e. The summed E-state index contributed by atoms with van der Waals surface area (Å²) in [6.07, 6.45) is 0.858. The van der Waals surface area contributed by atoms with E-state index in [-0.39, 0.29) is 5.92 Å². The van der Waals surface area contributed by atoms with Crippen LogP contribution in [0.2, 0.25) is 0 Å². The summed E-state index contributed by atoms with van der Waals surface area (Å²) in [5, 5.41) is 8.55. The molecular weight excluding hydrogens is 134 g/mol. The van der Waals surface area contributed by atoms with Crippen LogP contribution in [0.1, 0.15) is 12.5 Å². The molecule has 0 aromatic heterocycles. The van der Waals surface area contributed by atoms with Crippen LogP contribution in [0.15, 0.2) is 30.3 Å². The number of hydrogen-bond acceptors (Lipinski definition) is 1. The second-order valence-electron chi connectivity index (χ2n) is 2.72. The van der Waals surface area contributed by atoms with Gasteiger partial charge in [-0.3, -0.25) is 0 Å². The molecule has 0 aliphatic carbocycles. The first-order valence-corrected chi connectivity index (χ1v) is 3.76. The summed E-state index contributed by atoms with van der Waals surface area (Å²) in [4.78, 5) is 0. The maximum Gasteiger partial charge on any atom is 0.0656 e. The highest BCUT2D eigenvalue weighted by molar-refractivity contribution is 5.16. The van der Waals surface area contributed by atoms with Gasteiger partial charge in [0.05, 0.1) is 6.07 Å². The van der Waals surface area contributed by atoms with Crippen LogP contribution in [0.5, 0.6) is 0 Å². The van der Waals surface area contributed by atoms with Crippen molar-refractivity contribution in [1.82, 2.24) is 0 Å².